The average Bonchev–Trinajstić information content (AvgIpc) is 2.75. The number of carbonyl (C=O) groups is 2. The van der Waals surface area contributed by atoms with Gasteiger partial charge in [0, 0.05) is 0 Å². The lowest BCUT2D eigenvalue weighted by molar-refractivity contribution is -0.0117. The molecular weight excluding hydrogens is 384 g/mol. The summed E-state index contributed by atoms with van der Waals surface area (Å²) in [6, 6.07) is 3.16. The maximum atomic E-state index is 12.2. The lowest BCUT2D eigenvalue weighted by Gasteiger charge is -2.15. The fourth-order valence-corrected chi connectivity index (χ4v) is 2.66. The van der Waals surface area contributed by atoms with Crippen LogP contribution in [0.3, 0.4) is 0 Å². The van der Waals surface area contributed by atoms with Crippen molar-refractivity contribution in [3.8, 4) is 0 Å². The largest absolute Gasteiger partial charge is 0.465 e. The first-order valence-electron chi connectivity index (χ1n) is 9.38. The number of hydrogen-bond acceptors (Lipinski definition) is 9. The van der Waals surface area contributed by atoms with E-state index >= 15 is 0 Å². The normalized spacial score (nSPS) is 17.6. The van der Waals surface area contributed by atoms with E-state index in [2.05, 4.69) is 0 Å². The Bertz CT molecular complexity index is 605. The smallest absolute Gasteiger partial charge is 0.338 e. The predicted molar refractivity (Wildman–Crippen MR) is 101 cm³/mol. The Hall–Kier alpha value is -2.04. The Morgan fingerprint density at radius 2 is 0.931 bits per heavy atom. The van der Waals surface area contributed by atoms with Crippen LogP contribution in [0.4, 0.5) is 0 Å². The molecule has 29 heavy (non-hydrogen) atoms. The topological polar surface area (TPSA) is 98.8 Å². The molecule has 1 heterocycles. The van der Waals surface area contributed by atoms with Gasteiger partial charge in [0.2, 0.25) is 0 Å². The van der Waals surface area contributed by atoms with Crippen molar-refractivity contribution in [2.45, 2.75) is 13.2 Å². The average molecular weight is 412 g/mol. The van der Waals surface area contributed by atoms with Gasteiger partial charge >= 0.3 is 11.9 Å². The minimum absolute atomic E-state index is 0.115. The van der Waals surface area contributed by atoms with E-state index < -0.39 is 11.9 Å². The quantitative estimate of drug-likeness (QED) is 0.667. The molecule has 1 aliphatic rings. The van der Waals surface area contributed by atoms with E-state index in [1.165, 1.54) is 14.2 Å². The summed E-state index contributed by atoms with van der Waals surface area (Å²) in [5.74, 6) is -1.26. The highest BCUT2D eigenvalue weighted by atomic mass is 16.6. The van der Waals surface area contributed by atoms with Crippen LogP contribution in [0.25, 0.3) is 0 Å². The predicted octanol–water partition coefficient (Wildman–Crippen LogP) is 1.36. The van der Waals surface area contributed by atoms with E-state index in [1.54, 1.807) is 12.1 Å². The number of esters is 2. The first-order valence-corrected chi connectivity index (χ1v) is 9.38. The van der Waals surface area contributed by atoms with Gasteiger partial charge in [0.15, 0.2) is 0 Å². The summed E-state index contributed by atoms with van der Waals surface area (Å²) in [4.78, 5) is 24.3. The second-order valence-electron chi connectivity index (χ2n) is 6.09. The maximum absolute atomic E-state index is 12.2. The van der Waals surface area contributed by atoms with Crippen molar-refractivity contribution in [3.05, 3.63) is 34.4 Å². The van der Waals surface area contributed by atoms with Crippen molar-refractivity contribution in [1.29, 1.82) is 0 Å². The van der Waals surface area contributed by atoms with Gasteiger partial charge < -0.3 is 33.2 Å². The third kappa shape index (κ3) is 7.71. The Balaban J connectivity index is 2.21. The molecule has 0 amide bonds. The standard InChI is InChI=1S/C20H28O9/c1-23-19(21)17-11-15-13-28-9-7-26-5-3-25-4-6-27-8-10-29-14-16(15)12-18(17)20(22)24-2/h11-12H,3-10,13-14H2,1-2H3. The second-order valence-corrected chi connectivity index (χ2v) is 6.09. The van der Waals surface area contributed by atoms with Gasteiger partial charge in [-0.1, -0.05) is 0 Å². The molecule has 0 saturated heterocycles. The van der Waals surface area contributed by atoms with Gasteiger partial charge in [-0.25, -0.2) is 9.59 Å². The number of hydrogen-bond donors (Lipinski definition) is 0. The van der Waals surface area contributed by atoms with Gasteiger partial charge in [-0.2, -0.15) is 0 Å². The third-order valence-electron chi connectivity index (χ3n) is 4.15. The summed E-state index contributed by atoms with van der Waals surface area (Å²) in [5.41, 5.74) is 1.66. The molecule has 1 aliphatic heterocycles. The molecule has 0 N–H and O–H groups in total. The lowest BCUT2D eigenvalue weighted by atomic mass is 9.98. The Morgan fingerprint density at radius 3 is 1.24 bits per heavy atom. The molecule has 0 bridgehead atoms. The minimum Gasteiger partial charge on any atom is -0.465 e. The molecule has 0 fully saturated rings. The highest BCUT2D eigenvalue weighted by Gasteiger charge is 2.21. The van der Waals surface area contributed by atoms with Gasteiger partial charge in [-0.05, 0) is 23.3 Å². The van der Waals surface area contributed by atoms with Crippen molar-refractivity contribution in [2.75, 3.05) is 67.1 Å². The number of ether oxygens (including phenoxy) is 7. The first kappa shape index (κ1) is 23.2. The van der Waals surface area contributed by atoms with E-state index in [-0.39, 0.29) is 24.3 Å². The highest BCUT2D eigenvalue weighted by Crippen LogP contribution is 2.21. The molecule has 2 rings (SSSR count). The van der Waals surface area contributed by atoms with E-state index in [9.17, 15) is 9.59 Å². The molecule has 0 radical (unpaired) electrons. The van der Waals surface area contributed by atoms with Crippen LogP contribution in [-0.2, 0) is 46.4 Å². The number of fused-ring (bicyclic) bond motifs is 1. The first-order chi connectivity index (χ1) is 14.2. The van der Waals surface area contributed by atoms with Crippen molar-refractivity contribution < 1.29 is 42.7 Å². The van der Waals surface area contributed by atoms with Crippen LogP contribution in [0.5, 0.6) is 0 Å². The summed E-state index contributed by atoms with van der Waals surface area (Å²) in [6.07, 6.45) is 0. The molecule has 0 saturated carbocycles. The summed E-state index contributed by atoms with van der Waals surface area (Å²) in [7, 11) is 2.51. The zero-order valence-electron chi connectivity index (χ0n) is 16.9. The molecule has 0 aromatic heterocycles. The number of benzene rings is 1. The van der Waals surface area contributed by atoms with Crippen molar-refractivity contribution in [2.24, 2.45) is 0 Å². The van der Waals surface area contributed by atoms with Gasteiger partial charge in [0.05, 0.1) is 91.4 Å². The SMILES string of the molecule is COC(=O)c1cc2c(cc1C(=O)OC)COCCOCCOCCOCCOC2. The molecule has 9 heteroatoms. The molecule has 1 aromatic carbocycles. The van der Waals surface area contributed by atoms with Crippen LogP contribution in [0.15, 0.2) is 12.1 Å². The van der Waals surface area contributed by atoms with Gasteiger partial charge in [0.25, 0.3) is 0 Å². The molecule has 1 aromatic rings. The summed E-state index contributed by atoms with van der Waals surface area (Å²) in [6.45, 7) is 3.93. The van der Waals surface area contributed by atoms with E-state index in [4.69, 9.17) is 33.2 Å². The van der Waals surface area contributed by atoms with Crippen molar-refractivity contribution in [3.63, 3.8) is 0 Å². The van der Waals surface area contributed by atoms with E-state index in [0.29, 0.717) is 64.0 Å². The fourth-order valence-electron chi connectivity index (χ4n) is 2.66. The van der Waals surface area contributed by atoms with Crippen molar-refractivity contribution in [1.82, 2.24) is 0 Å². The second kappa shape index (κ2) is 13.2. The maximum Gasteiger partial charge on any atom is 0.338 e. The molecule has 9 nitrogen and oxygen atoms in total. The van der Waals surface area contributed by atoms with Crippen LogP contribution in [0.2, 0.25) is 0 Å². The van der Waals surface area contributed by atoms with Gasteiger partial charge in [0.1, 0.15) is 0 Å². The van der Waals surface area contributed by atoms with Crippen LogP contribution in [0, 0.1) is 0 Å². The van der Waals surface area contributed by atoms with Gasteiger partial charge in [-0.3, -0.25) is 0 Å². The van der Waals surface area contributed by atoms with Crippen LogP contribution in [0.1, 0.15) is 31.8 Å². The van der Waals surface area contributed by atoms with E-state index in [1.807, 2.05) is 0 Å². The summed E-state index contributed by atoms with van der Waals surface area (Å²) < 4.78 is 37.2. The lowest BCUT2D eigenvalue weighted by Crippen LogP contribution is -2.15. The minimum atomic E-state index is -0.630. The van der Waals surface area contributed by atoms with Gasteiger partial charge in [-0.15, -0.1) is 0 Å². The molecule has 0 atom stereocenters. The number of rotatable bonds is 2. The molecule has 0 unspecified atom stereocenters. The Morgan fingerprint density at radius 1 is 0.621 bits per heavy atom. The molecule has 0 aliphatic carbocycles. The number of carbonyl (C=O) groups excluding carboxylic acids is 2. The summed E-state index contributed by atoms with van der Waals surface area (Å²) >= 11 is 0. The highest BCUT2D eigenvalue weighted by molar-refractivity contribution is 6.03. The van der Waals surface area contributed by atoms with E-state index in [0.717, 1.165) is 0 Å². The zero-order valence-corrected chi connectivity index (χ0v) is 16.9. The molecule has 162 valence electrons. The third-order valence-corrected chi connectivity index (χ3v) is 4.15. The molecule has 0 spiro atoms. The summed E-state index contributed by atoms with van der Waals surface area (Å²) in [5, 5.41) is 0. The zero-order chi connectivity index (χ0) is 20.9. The Kier molecular flexibility index (Phi) is 10.6. The molecular formula is C20H28O9. The van der Waals surface area contributed by atoms with Crippen LogP contribution in [-0.4, -0.2) is 79.0 Å². The van der Waals surface area contributed by atoms with Crippen molar-refractivity contribution >= 4 is 11.9 Å². The fraction of sp³-hybridized carbons (Fsp3) is 0.600. The monoisotopic (exact) mass is 412 g/mol. The van der Waals surface area contributed by atoms with Crippen LogP contribution < -0.4 is 0 Å². The Labute approximate surface area is 170 Å². The number of methoxy groups -OCH3 is 2. The van der Waals surface area contributed by atoms with Crippen LogP contribution >= 0.6 is 0 Å².